The van der Waals surface area contributed by atoms with Crippen LogP contribution in [-0.4, -0.2) is 11.8 Å². The molecule has 4 nitrogen and oxygen atoms in total. The van der Waals surface area contributed by atoms with Gasteiger partial charge in [0.15, 0.2) is 0 Å². The lowest BCUT2D eigenvalue weighted by Gasteiger charge is -2.13. The number of rotatable bonds is 4. The van der Waals surface area contributed by atoms with E-state index in [1.807, 2.05) is 0 Å². The van der Waals surface area contributed by atoms with Crippen LogP contribution in [0.25, 0.3) is 0 Å². The van der Waals surface area contributed by atoms with Gasteiger partial charge in [-0.05, 0) is 72.8 Å². The molecular weight excluding hydrogens is 548 g/mol. The van der Waals surface area contributed by atoms with E-state index in [1.165, 1.54) is 48.5 Å². The number of hydrogen-bond acceptors (Lipinski definition) is 2. The molecule has 0 aliphatic rings. The van der Waals surface area contributed by atoms with Crippen molar-refractivity contribution in [3.8, 4) is 0 Å². The Kier molecular flexibility index (Phi) is 9.25. The molecule has 2 N–H and O–H groups in total. The number of benzene rings is 4. The second kappa shape index (κ2) is 12.4. The van der Waals surface area contributed by atoms with Crippen LogP contribution >= 0.6 is 0 Å². The van der Waals surface area contributed by atoms with E-state index in [0.29, 0.717) is 0 Å². The van der Waals surface area contributed by atoms with Gasteiger partial charge in [-0.25, -0.2) is 8.78 Å². The lowest BCUT2D eigenvalue weighted by molar-refractivity contribution is -0.137. The van der Waals surface area contributed by atoms with Gasteiger partial charge in [-0.2, -0.15) is 26.3 Å². The largest absolute Gasteiger partial charge is 0.418 e. The molecule has 0 bridgehead atoms. The number of anilines is 2. The Morgan fingerprint density at radius 2 is 0.775 bits per heavy atom. The van der Waals surface area contributed by atoms with Crippen molar-refractivity contribution in [2.45, 2.75) is 12.4 Å². The lowest BCUT2D eigenvalue weighted by atomic mass is 10.1. The molecule has 0 fully saturated rings. The molecule has 0 unspecified atom stereocenters. The molecule has 2 amide bonds. The summed E-state index contributed by atoms with van der Waals surface area (Å²) < 4.78 is 102. The SMILES string of the molecule is O=C(Nc1ccccc1C(F)(F)F)c1ccc(F)cc1.O=C(Nc1ccccc1C(F)(F)F)c1ccc(F)cc1. The minimum Gasteiger partial charge on any atom is -0.321 e. The summed E-state index contributed by atoms with van der Waals surface area (Å²) in [6.07, 6.45) is -9.13. The highest BCUT2D eigenvalue weighted by molar-refractivity contribution is 6.05. The van der Waals surface area contributed by atoms with Gasteiger partial charge in [0.05, 0.1) is 22.5 Å². The molecule has 0 aromatic heterocycles. The first-order chi connectivity index (χ1) is 18.8. The first kappa shape index (κ1) is 29.8. The first-order valence-electron chi connectivity index (χ1n) is 11.2. The molecule has 4 aromatic rings. The van der Waals surface area contributed by atoms with Crippen molar-refractivity contribution in [1.82, 2.24) is 0 Å². The van der Waals surface area contributed by atoms with E-state index in [4.69, 9.17) is 0 Å². The summed E-state index contributed by atoms with van der Waals surface area (Å²) in [5.41, 5.74) is -2.40. The number of para-hydroxylation sites is 2. The summed E-state index contributed by atoms with van der Waals surface area (Å²) in [5.74, 6) is -2.53. The van der Waals surface area contributed by atoms with Crippen LogP contribution in [0.5, 0.6) is 0 Å². The van der Waals surface area contributed by atoms with Gasteiger partial charge in [0, 0.05) is 11.1 Å². The summed E-state index contributed by atoms with van der Waals surface area (Å²) in [7, 11) is 0. The highest BCUT2D eigenvalue weighted by Gasteiger charge is 2.34. The van der Waals surface area contributed by atoms with E-state index in [2.05, 4.69) is 10.6 Å². The minimum atomic E-state index is -4.56. The number of amides is 2. The Morgan fingerprint density at radius 1 is 0.475 bits per heavy atom. The third kappa shape index (κ3) is 8.13. The van der Waals surface area contributed by atoms with Crippen molar-refractivity contribution >= 4 is 23.2 Å². The van der Waals surface area contributed by atoms with Gasteiger partial charge in [0.2, 0.25) is 0 Å². The van der Waals surface area contributed by atoms with Gasteiger partial charge in [-0.15, -0.1) is 0 Å². The summed E-state index contributed by atoms with van der Waals surface area (Å²) in [5, 5.41) is 4.34. The molecule has 0 saturated carbocycles. The maximum Gasteiger partial charge on any atom is 0.418 e. The molecule has 0 aliphatic heterocycles. The van der Waals surface area contributed by atoms with E-state index in [0.717, 1.165) is 48.5 Å². The number of nitrogens with one attached hydrogen (secondary N) is 2. The molecule has 0 heterocycles. The summed E-state index contributed by atoms with van der Waals surface area (Å²) >= 11 is 0. The quantitative estimate of drug-likeness (QED) is 0.245. The highest BCUT2D eigenvalue weighted by atomic mass is 19.4. The van der Waals surface area contributed by atoms with Gasteiger partial charge in [-0.3, -0.25) is 9.59 Å². The van der Waals surface area contributed by atoms with Crippen molar-refractivity contribution in [1.29, 1.82) is 0 Å². The van der Waals surface area contributed by atoms with Crippen LogP contribution < -0.4 is 10.6 Å². The molecule has 4 rings (SSSR count). The number of alkyl halides is 6. The molecule has 40 heavy (non-hydrogen) atoms. The number of halogens is 8. The Hall–Kier alpha value is -4.74. The summed E-state index contributed by atoms with van der Waals surface area (Å²) in [4.78, 5) is 23.6. The Labute approximate surface area is 222 Å². The zero-order valence-corrected chi connectivity index (χ0v) is 20.1. The average Bonchev–Trinajstić information content (AvgIpc) is 2.89. The Bertz CT molecular complexity index is 1350. The van der Waals surface area contributed by atoms with Crippen LogP contribution in [0.3, 0.4) is 0 Å². The molecule has 0 atom stereocenters. The van der Waals surface area contributed by atoms with E-state index < -0.39 is 46.9 Å². The van der Waals surface area contributed by atoms with Crippen LogP contribution in [0.4, 0.5) is 46.5 Å². The lowest BCUT2D eigenvalue weighted by Crippen LogP contribution is -2.16. The monoisotopic (exact) mass is 566 g/mol. The second-order valence-corrected chi connectivity index (χ2v) is 8.01. The normalized spacial score (nSPS) is 11.2. The standard InChI is InChI=1S/2C14H9F4NO/c2*15-10-7-5-9(6-8-10)13(20)19-12-4-2-1-3-11(12)14(16,17)18/h2*1-8H,(H,19,20). The van der Waals surface area contributed by atoms with Crippen LogP contribution in [0, 0.1) is 11.6 Å². The van der Waals surface area contributed by atoms with Crippen molar-refractivity contribution in [3.05, 3.63) is 131 Å². The molecule has 0 radical (unpaired) electrons. The number of carbonyl (C=O) groups is 2. The highest BCUT2D eigenvalue weighted by Crippen LogP contribution is 2.35. The van der Waals surface area contributed by atoms with E-state index >= 15 is 0 Å². The predicted molar refractivity (Wildman–Crippen MR) is 132 cm³/mol. The van der Waals surface area contributed by atoms with Crippen LogP contribution in [-0.2, 0) is 12.4 Å². The van der Waals surface area contributed by atoms with E-state index in [9.17, 15) is 44.7 Å². The van der Waals surface area contributed by atoms with Crippen LogP contribution in [0.1, 0.15) is 31.8 Å². The zero-order chi connectivity index (χ0) is 29.5. The van der Waals surface area contributed by atoms with Gasteiger partial charge >= 0.3 is 12.4 Å². The molecule has 0 aliphatic carbocycles. The van der Waals surface area contributed by atoms with Crippen LogP contribution in [0.15, 0.2) is 97.1 Å². The van der Waals surface area contributed by atoms with Crippen molar-refractivity contribution < 1.29 is 44.7 Å². The van der Waals surface area contributed by atoms with Crippen molar-refractivity contribution in [2.75, 3.05) is 10.6 Å². The fourth-order valence-corrected chi connectivity index (χ4v) is 3.27. The molecule has 0 saturated heterocycles. The summed E-state index contributed by atoms with van der Waals surface area (Å²) in [6, 6.07) is 18.3. The topological polar surface area (TPSA) is 58.2 Å². The average molecular weight is 566 g/mol. The third-order valence-electron chi connectivity index (χ3n) is 5.17. The Morgan fingerprint density at radius 3 is 1.07 bits per heavy atom. The van der Waals surface area contributed by atoms with Crippen molar-refractivity contribution in [3.63, 3.8) is 0 Å². The number of carbonyl (C=O) groups excluding carboxylic acids is 2. The maximum absolute atomic E-state index is 12.8. The molecule has 12 heteroatoms. The van der Waals surface area contributed by atoms with Gasteiger partial charge in [0.25, 0.3) is 11.8 Å². The van der Waals surface area contributed by atoms with Crippen LogP contribution in [0.2, 0.25) is 0 Å². The minimum absolute atomic E-state index is 0.0726. The van der Waals surface area contributed by atoms with Gasteiger partial charge in [-0.1, -0.05) is 24.3 Å². The van der Waals surface area contributed by atoms with Gasteiger partial charge in [0.1, 0.15) is 11.6 Å². The second-order valence-electron chi connectivity index (χ2n) is 8.01. The van der Waals surface area contributed by atoms with E-state index in [-0.39, 0.29) is 22.5 Å². The molecular formula is C28H18F8N2O2. The third-order valence-corrected chi connectivity index (χ3v) is 5.17. The molecule has 0 spiro atoms. The maximum atomic E-state index is 12.8. The number of hydrogen-bond donors (Lipinski definition) is 2. The molecule has 4 aromatic carbocycles. The predicted octanol–water partition coefficient (Wildman–Crippen LogP) is 8.19. The van der Waals surface area contributed by atoms with Gasteiger partial charge < -0.3 is 10.6 Å². The molecule has 208 valence electrons. The van der Waals surface area contributed by atoms with E-state index in [1.54, 1.807) is 0 Å². The summed E-state index contributed by atoms with van der Waals surface area (Å²) in [6.45, 7) is 0. The Balaban J connectivity index is 0.000000220. The fourth-order valence-electron chi connectivity index (χ4n) is 3.27. The zero-order valence-electron chi connectivity index (χ0n) is 20.1. The van der Waals surface area contributed by atoms with Crippen molar-refractivity contribution in [2.24, 2.45) is 0 Å². The fraction of sp³-hybridized carbons (Fsp3) is 0.0714. The smallest absolute Gasteiger partial charge is 0.321 e. The first-order valence-corrected chi connectivity index (χ1v) is 11.2.